The molecule has 0 saturated carbocycles. The zero-order chi connectivity index (χ0) is 30.4. The SMILES string of the molecule is CCOc1ccc(CCC[C@@H](C(O)N2CCN(c3cc(C(F)(F)F)nc4ccc(C)cc34)CC2)[C@H](O)C(=O)NO)cc1. The molecule has 0 radical (unpaired) electrons. The molecule has 3 atom stereocenters. The minimum atomic E-state index is -4.60. The van der Waals surface area contributed by atoms with Gasteiger partial charge in [0.1, 0.15) is 23.8 Å². The Balaban J connectivity index is 1.46. The number of nitrogens with one attached hydrogen (secondary N) is 1. The van der Waals surface area contributed by atoms with Gasteiger partial charge in [0.25, 0.3) is 5.91 Å². The van der Waals surface area contributed by atoms with Gasteiger partial charge in [0.05, 0.1) is 12.1 Å². The van der Waals surface area contributed by atoms with Crippen LogP contribution in [0, 0.1) is 12.8 Å². The number of aromatic nitrogens is 1. The van der Waals surface area contributed by atoms with Crippen molar-refractivity contribution in [2.24, 2.45) is 5.92 Å². The van der Waals surface area contributed by atoms with Crippen LogP contribution < -0.4 is 15.1 Å². The number of nitrogens with zero attached hydrogens (tertiary/aromatic N) is 3. The Labute approximate surface area is 242 Å². The number of ether oxygens (including phenoxy) is 1. The van der Waals surface area contributed by atoms with Crippen LogP contribution in [0.2, 0.25) is 0 Å². The Morgan fingerprint density at radius 2 is 1.76 bits per heavy atom. The Morgan fingerprint density at radius 1 is 1.07 bits per heavy atom. The van der Waals surface area contributed by atoms with E-state index in [2.05, 4.69) is 4.98 Å². The minimum Gasteiger partial charge on any atom is -0.494 e. The molecule has 1 aliphatic rings. The van der Waals surface area contributed by atoms with E-state index in [-0.39, 0.29) is 25.0 Å². The van der Waals surface area contributed by atoms with E-state index in [1.54, 1.807) is 17.0 Å². The maximum atomic E-state index is 13.6. The molecule has 1 fully saturated rings. The van der Waals surface area contributed by atoms with Crippen molar-refractivity contribution in [1.82, 2.24) is 15.4 Å². The fraction of sp³-hybridized carbons (Fsp3) is 0.467. The number of hydrogen-bond donors (Lipinski definition) is 4. The van der Waals surface area contributed by atoms with Crippen LogP contribution in [-0.2, 0) is 17.4 Å². The number of alkyl halides is 3. The van der Waals surface area contributed by atoms with Gasteiger partial charge in [-0.05, 0) is 69.0 Å². The number of carbonyl (C=O) groups is 1. The quantitative estimate of drug-likeness (QED) is 0.196. The lowest BCUT2D eigenvalue weighted by atomic mass is 9.91. The normalized spacial score (nSPS) is 16.7. The highest BCUT2D eigenvalue weighted by Gasteiger charge is 2.37. The molecule has 3 aromatic rings. The molecule has 1 aromatic heterocycles. The van der Waals surface area contributed by atoms with Crippen LogP contribution in [0.25, 0.3) is 10.9 Å². The molecule has 9 nitrogen and oxygen atoms in total. The Bertz CT molecular complexity index is 1350. The van der Waals surface area contributed by atoms with E-state index in [4.69, 9.17) is 9.94 Å². The first kappa shape index (κ1) is 31.5. The Kier molecular flexibility index (Phi) is 10.3. The number of aliphatic hydroxyl groups excluding tert-OH is 2. The molecule has 1 saturated heterocycles. The van der Waals surface area contributed by atoms with Crippen LogP contribution >= 0.6 is 0 Å². The molecule has 2 heterocycles. The first-order valence-electron chi connectivity index (χ1n) is 14.0. The van der Waals surface area contributed by atoms with Gasteiger partial charge in [0, 0.05) is 43.2 Å². The van der Waals surface area contributed by atoms with Crippen molar-refractivity contribution in [3.63, 3.8) is 0 Å². The van der Waals surface area contributed by atoms with Crippen molar-refractivity contribution in [3.8, 4) is 5.75 Å². The molecule has 2 aromatic carbocycles. The lowest BCUT2D eigenvalue weighted by Crippen LogP contribution is -2.55. The van der Waals surface area contributed by atoms with Crippen LogP contribution in [0.3, 0.4) is 0 Å². The van der Waals surface area contributed by atoms with E-state index in [1.807, 2.05) is 49.1 Å². The topological polar surface area (TPSA) is 118 Å². The number of amides is 1. The molecule has 42 heavy (non-hydrogen) atoms. The monoisotopic (exact) mass is 590 g/mol. The lowest BCUT2D eigenvalue weighted by Gasteiger charge is -2.41. The van der Waals surface area contributed by atoms with Crippen LogP contribution in [0.1, 0.15) is 36.6 Å². The van der Waals surface area contributed by atoms with Gasteiger partial charge in [-0.2, -0.15) is 13.2 Å². The van der Waals surface area contributed by atoms with Gasteiger partial charge in [-0.25, -0.2) is 10.5 Å². The number of carbonyl (C=O) groups excluding carboxylic acids is 1. The first-order chi connectivity index (χ1) is 20.0. The Morgan fingerprint density at radius 3 is 2.38 bits per heavy atom. The summed E-state index contributed by atoms with van der Waals surface area (Å²) in [6.07, 6.45) is -6.02. The molecular weight excluding hydrogens is 553 g/mol. The fourth-order valence-corrected chi connectivity index (χ4v) is 5.42. The summed E-state index contributed by atoms with van der Waals surface area (Å²) in [7, 11) is 0. The van der Waals surface area contributed by atoms with Gasteiger partial charge in [0.15, 0.2) is 0 Å². The summed E-state index contributed by atoms with van der Waals surface area (Å²) >= 11 is 0. The van der Waals surface area contributed by atoms with Crippen molar-refractivity contribution < 1.29 is 38.1 Å². The summed E-state index contributed by atoms with van der Waals surface area (Å²) in [5, 5.41) is 31.6. The van der Waals surface area contributed by atoms with Crippen molar-refractivity contribution in [2.45, 2.75) is 51.6 Å². The third-order valence-corrected chi connectivity index (χ3v) is 7.67. The van der Waals surface area contributed by atoms with E-state index in [0.29, 0.717) is 43.6 Å². The highest BCUT2D eigenvalue weighted by atomic mass is 19.4. The second-order valence-corrected chi connectivity index (χ2v) is 10.5. The zero-order valence-corrected chi connectivity index (χ0v) is 23.6. The molecule has 228 valence electrons. The van der Waals surface area contributed by atoms with E-state index in [9.17, 15) is 28.2 Å². The summed E-state index contributed by atoms with van der Waals surface area (Å²) in [5.41, 5.74) is 3.07. The second-order valence-electron chi connectivity index (χ2n) is 10.5. The summed E-state index contributed by atoms with van der Waals surface area (Å²) in [4.78, 5) is 19.5. The second kappa shape index (κ2) is 13.7. The smallest absolute Gasteiger partial charge is 0.433 e. The van der Waals surface area contributed by atoms with Crippen molar-refractivity contribution in [2.75, 3.05) is 37.7 Å². The highest BCUT2D eigenvalue weighted by Crippen LogP contribution is 2.36. The molecule has 4 rings (SSSR count). The number of hydrogen-bond acceptors (Lipinski definition) is 8. The highest BCUT2D eigenvalue weighted by molar-refractivity contribution is 5.92. The van der Waals surface area contributed by atoms with E-state index in [1.165, 1.54) is 5.48 Å². The predicted octanol–water partition coefficient (Wildman–Crippen LogP) is 3.91. The molecule has 0 spiro atoms. The number of aliphatic hydroxyl groups is 2. The summed E-state index contributed by atoms with van der Waals surface area (Å²) in [6.45, 7) is 5.50. The maximum Gasteiger partial charge on any atom is 0.433 e. The third kappa shape index (κ3) is 7.49. The van der Waals surface area contributed by atoms with Gasteiger partial charge in [-0.15, -0.1) is 0 Å². The van der Waals surface area contributed by atoms with Crippen LogP contribution in [-0.4, -0.2) is 76.3 Å². The third-order valence-electron chi connectivity index (χ3n) is 7.67. The predicted molar refractivity (Wildman–Crippen MR) is 151 cm³/mol. The van der Waals surface area contributed by atoms with Gasteiger partial charge < -0.3 is 19.8 Å². The summed E-state index contributed by atoms with van der Waals surface area (Å²) in [5.74, 6) is -1.17. The van der Waals surface area contributed by atoms with Crippen LogP contribution in [0.15, 0.2) is 48.5 Å². The van der Waals surface area contributed by atoms with Crippen LogP contribution in [0.4, 0.5) is 18.9 Å². The van der Waals surface area contributed by atoms with Gasteiger partial charge in [-0.3, -0.25) is 14.9 Å². The molecule has 4 N–H and O–H groups in total. The molecule has 1 aliphatic heterocycles. The number of anilines is 1. The number of fused-ring (bicyclic) bond motifs is 1. The molecule has 12 heteroatoms. The fourth-order valence-electron chi connectivity index (χ4n) is 5.42. The van der Waals surface area contributed by atoms with E-state index in [0.717, 1.165) is 22.9 Å². The van der Waals surface area contributed by atoms with E-state index < -0.39 is 36.0 Å². The number of hydroxylamine groups is 1. The maximum absolute atomic E-state index is 13.6. The zero-order valence-electron chi connectivity index (χ0n) is 23.6. The van der Waals surface area contributed by atoms with Crippen molar-refractivity contribution in [1.29, 1.82) is 0 Å². The van der Waals surface area contributed by atoms with Gasteiger partial charge in [-0.1, -0.05) is 23.8 Å². The number of halogens is 3. The number of piperazine rings is 1. The number of pyridine rings is 1. The largest absolute Gasteiger partial charge is 0.494 e. The lowest BCUT2D eigenvalue weighted by molar-refractivity contribution is -0.149. The average molecular weight is 591 g/mol. The Hall–Kier alpha value is -3.45. The van der Waals surface area contributed by atoms with Crippen molar-refractivity contribution in [3.05, 3.63) is 65.4 Å². The van der Waals surface area contributed by atoms with Crippen LogP contribution in [0.5, 0.6) is 5.75 Å². The van der Waals surface area contributed by atoms with Crippen molar-refractivity contribution >= 4 is 22.5 Å². The van der Waals surface area contributed by atoms with Gasteiger partial charge >= 0.3 is 6.18 Å². The average Bonchev–Trinajstić information content (AvgIpc) is 2.98. The first-order valence-corrected chi connectivity index (χ1v) is 14.0. The standard InChI is InChI=1S/C30H37F3N4O5/c1-3-42-21-10-8-20(9-11-21)5-4-6-22(27(38)28(39)35-41)29(40)37-15-13-36(14-16-37)25-18-26(30(31,32)33)34-24-12-7-19(2)17-23(24)25/h7-12,17-18,22,27,29,38,40-41H,3-6,13-16H2,1-2H3,(H,35,39)/t22-,27+,29?/m1/s1. The molecule has 1 unspecified atom stereocenters. The number of rotatable bonds is 11. The summed E-state index contributed by atoms with van der Waals surface area (Å²) < 4.78 is 46.3. The van der Waals surface area contributed by atoms with Gasteiger partial charge in [0.2, 0.25) is 0 Å². The van der Waals surface area contributed by atoms with E-state index >= 15 is 0 Å². The molecule has 0 aliphatic carbocycles. The molecule has 1 amide bonds. The number of benzene rings is 2. The number of aryl methyl sites for hydroxylation is 2. The summed E-state index contributed by atoms with van der Waals surface area (Å²) in [6, 6.07) is 13.8. The molecular formula is C30H37F3N4O5. The minimum absolute atomic E-state index is 0.249. The molecule has 0 bridgehead atoms.